The molecule has 3 heterocycles. The predicted octanol–water partition coefficient (Wildman–Crippen LogP) is 5.96. The van der Waals surface area contributed by atoms with E-state index < -0.39 is 0 Å². The van der Waals surface area contributed by atoms with Gasteiger partial charge in [0.2, 0.25) is 5.95 Å². The van der Waals surface area contributed by atoms with Crippen LogP contribution in [0.3, 0.4) is 0 Å². The van der Waals surface area contributed by atoms with Gasteiger partial charge in [-0.05, 0) is 80.2 Å². The first-order chi connectivity index (χ1) is 17.6. The Bertz CT molecular complexity index is 1240. The molecule has 1 aliphatic heterocycles. The number of rotatable bonds is 7. The zero-order valence-corrected chi connectivity index (χ0v) is 21.0. The van der Waals surface area contributed by atoms with E-state index in [1.165, 1.54) is 61.1 Å². The van der Waals surface area contributed by atoms with Crippen LogP contribution in [0.15, 0.2) is 48.7 Å². The standard InChI is InChI=1S/C29H35FN6/c1-35(16-13-21-19-31-28-24(21)10-5-7-20-11-12-25(20)28)29-33-26(32-23-9-6-8-22(30)17-23)18-27(34-29)36-14-3-2-4-15-36/h5-9,17-20,25,31H,2-4,10-16H2,1H3,(H,32,33,34). The molecule has 6 rings (SSSR count). The smallest absolute Gasteiger partial charge is 0.229 e. The lowest BCUT2D eigenvalue weighted by atomic mass is 9.72. The number of benzene rings is 1. The lowest BCUT2D eigenvalue weighted by Gasteiger charge is -2.33. The number of nitrogens with one attached hydrogen (secondary N) is 2. The molecule has 2 fully saturated rings. The van der Waals surface area contributed by atoms with Gasteiger partial charge in [0.25, 0.3) is 0 Å². The van der Waals surface area contributed by atoms with Crippen molar-refractivity contribution in [2.45, 2.75) is 50.9 Å². The molecule has 36 heavy (non-hydrogen) atoms. The van der Waals surface area contributed by atoms with Crippen LogP contribution in [0, 0.1) is 11.7 Å². The molecule has 2 aromatic heterocycles. The Balaban J connectivity index is 1.22. The number of nitrogens with zero attached hydrogens (tertiary/aromatic N) is 4. The third-order valence-corrected chi connectivity index (χ3v) is 8.05. The maximum Gasteiger partial charge on any atom is 0.229 e. The van der Waals surface area contributed by atoms with E-state index >= 15 is 0 Å². The van der Waals surface area contributed by atoms with Gasteiger partial charge in [0.05, 0.1) is 0 Å². The fraction of sp³-hybridized carbons (Fsp3) is 0.448. The van der Waals surface area contributed by atoms with E-state index in [-0.39, 0.29) is 5.82 Å². The van der Waals surface area contributed by atoms with Crippen LogP contribution in [-0.2, 0) is 12.8 Å². The number of hydrogen-bond donors (Lipinski definition) is 2. The minimum atomic E-state index is -0.267. The summed E-state index contributed by atoms with van der Waals surface area (Å²) in [6.45, 7) is 2.83. The topological polar surface area (TPSA) is 60.1 Å². The monoisotopic (exact) mass is 486 g/mol. The SMILES string of the molecule is CN(CCc1c[nH]c2c1CC=CC1CCC21)c1nc(Nc2cccc(F)c2)cc(N2CCCCC2)n1. The molecular formula is C29H35FN6. The summed E-state index contributed by atoms with van der Waals surface area (Å²) in [6.07, 6.45) is 15.2. The maximum atomic E-state index is 13.8. The molecule has 6 nitrogen and oxygen atoms in total. The van der Waals surface area contributed by atoms with Crippen LogP contribution in [0.4, 0.5) is 27.7 Å². The fourth-order valence-electron chi connectivity index (χ4n) is 5.83. The molecule has 0 amide bonds. The number of anilines is 4. The average Bonchev–Trinajstić information content (AvgIpc) is 3.21. The van der Waals surface area contributed by atoms with Gasteiger partial charge in [-0.2, -0.15) is 9.97 Å². The summed E-state index contributed by atoms with van der Waals surface area (Å²) in [4.78, 5) is 17.9. The van der Waals surface area contributed by atoms with Gasteiger partial charge < -0.3 is 20.1 Å². The van der Waals surface area contributed by atoms with E-state index in [9.17, 15) is 4.39 Å². The van der Waals surface area contributed by atoms with Crippen molar-refractivity contribution in [3.63, 3.8) is 0 Å². The minimum Gasteiger partial charge on any atom is -0.364 e. The molecule has 1 saturated carbocycles. The first-order valence-corrected chi connectivity index (χ1v) is 13.4. The highest BCUT2D eigenvalue weighted by molar-refractivity contribution is 5.62. The van der Waals surface area contributed by atoms with Crippen molar-refractivity contribution in [1.29, 1.82) is 0 Å². The molecule has 7 heteroatoms. The van der Waals surface area contributed by atoms with Crippen molar-refractivity contribution in [3.05, 3.63) is 71.3 Å². The van der Waals surface area contributed by atoms with E-state index in [0.29, 0.717) is 23.4 Å². The van der Waals surface area contributed by atoms with Crippen LogP contribution in [-0.4, -0.2) is 41.6 Å². The van der Waals surface area contributed by atoms with Crippen molar-refractivity contribution in [2.24, 2.45) is 5.92 Å². The molecule has 0 radical (unpaired) electrons. The van der Waals surface area contributed by atoms with Gasteiger partial charge in [-0.15, -0.1) is 0 Å². The average molecular weight is 487 g/mol. The molecule has 3 aromatic rings. The third kappa shape index (κ3) is 4.71. The normalized spacial score (nSPS) is 20.8. The second-order valence-electron chi connectivity index (χ2n) is 10.5. The number of aromatic amines is 1. The van der Waals surface area contributed by atoms with E-state index in [1.54, 1.807) is 6.07 Å². The van der Waals surface area contributed by atoms with Gasteiger partial charge in [-0.3, -0.25) is 0 Å². The van der Waals surface area contributed by atoms with E-state index in [0.717, 1.165) is 44.2 Å². The van der Waals surface area contributed by atoms with Crippen LogP contribution in [0.1, 0.15) is 54.8 Å². The molecule has 1 aromatic carbocycles. The Labute approximate surface area is 212 Å². The molecule has 0 spiro atoms. The molecule has 188 valence electrons. The second kappa shape index (κ2) is 9.96. The number of allylic oxidation sites excluding steroid dienone is 2. The summed E-state index contributed by atoms with van der Waals surface area (Å²) in [5, 5.41) is 3.30. The molecular weight excluding hydrogens is 451 g/mol. The first-order valence-electron chi connectivity index (χ1n) is 13.4. The van der Waals surface area contributed by atoms with Crippen molar-refractivity contribution >= 4 is 23.3 Å². The summed E-state index contributed by atoms with van der Waals surface area (Å²) in [5.74, 6) is 3.44. The Morgan fingerprint density at radius 2 is 2.03 bits per heavy atom. The Kier molecular flexibility index (Phi) is 6.38. The highest BCUT2D eigenvalue weighted by Gasteiger charge is 2.34. The van der Waals surface area contributed by atoms with Crippen molar-refractivity contribution in [3.8, 4) is 0 Å². The number of halogens is 1. The van der Waals surface area contributed by atoms with E-state index in [2.05, 4.69) is 45.5 Å². The number of likely N-dealkylation sites (N-methyl/N-ethyl adjacent to an activating group) is 1. The molecule has 0 bridgehead atoms. The first kappa shape index (κ1) is 23.1. The van der Waals surface area contributed by atoms with Gasteiger partial charge in [0, 0.05) is 56.2 Å². The zero-order valence-electron chi connectivity index (χ0n) is 21.0. The molecule has 2 aliphatic carbocycles. The number of fused-ring (bicyclic) bond motifs is 3. The van der Waals surface area contributed by atoms with Gasteiger partial charge in [0.1, 0.15) is 17.5 Å². The van der Waals surface area contributed by atoms with Gasteiger partial charge >= 0.3 is 0 Å². The van der Waals surface area contributed by atoms with Gasteiger partial charge in [0.15, 0.2) is 0 Å². The van der Waals surface area contributed by atoms with Crippen LogP contribution in [0.2, 0.25) is 0 Å². The summed E-state index contributed by atoms with van der Waals surface area (Å²) in [7, 11) is 2.06. The largest absolute Gasteiger partial charge is 0.364 e. The lowest BCUT2D eigenvalue weighted by molar-refractivity contribution is 0.312. The van der Waals surface area contributed by atoms with Crippen LogP contribution >= 0.6 is 0 Å². The highest BCUT2D eigenvalue weighted by Crippen LogP contribution is 2.46. The Hall–Kier alpha value is -3.35. The van der Waals surface area contributed by atoms with Crippen molar-refractivity contribution in [1.82, 2.24) is 15.0 Å². The molecule has 2 atom stereocenters. The fourth-order valence-corrected chi connectivity index (χ4v) is 5.83. The van der Waals surface area contributed by atoms with Crippen LogP contribution in [0.25, 0.3) is 0 Å². The summed E-state index contributed by atoms with van der Waals surface area (Å²) >= 11 is 0. The highest BCUT2D eigenvalue weighted by atomic mass is 19.1. The van der Waals surface area contributed by atoms with Gasteiger partial charge in [-0.25, -0.2) is 4.39 Å². The molecule has 2 unspecified atom stereocenters. The summed E-state index contributed by atoms with van der Waals surface area (Å²) in [6, 6.07) is 8.49. The minimum absolute atomic E-state index is 0.267. The number of aromatic nitrogens is 3. The maximum absolute atomic E-state index is 13.8. The number of hydrogen-bond acceptors (Lipinski definition) is 5. The van der Waals surface area contributed by atoms with E-state index in [4.69, 9.17) is 9.97 Å². The van der Waals surface area contributed by atoms with Crippen LogP contribution < -0.4 is 15.1 Å². The second-order valence-corrected chi connectivity index (χ2v) is 10.5. The lowest BCUT2D eigenvalue weighted by Crippen LogP contribution is -2.31. The molecule has 3 aliphatic rings. The summed E-state index contributed by atoms with van der Waals surface area (Å²) in [5.41, 5.74) is 5.03. The number of H-pyrrole nitrogens is 1. The molecule has 1 saturated heterocycles. The van der Waals surface area contributed by atoms with E-state index in [1.807, 2.05) is 12.1 Å². The third-order valence-electron chi connectivity index (χ3n) is 8.05. The molecule has 2 N–H and O–H groups in total. The van der Waals surface area contributed by atoms with Gasteiger partial charge in [-0.1, -0.05) is 18.2 Å². The Morgan fingerprint density at radius 3 is 2.83 bits per heavy atom. The zero-order chi connectivity index (χ0) is 24.5. The van der Waals surface area contributed by atoms with Crippen molar-refractivity contribution < 1.29 is 4.39 Å². The van der Waals surface area contributed by atoms with Crippen LogP contribution in [0.5, 0.6) is 0 Å². The number of piperidine rings is 1. The predicted molar refractivity (Wildman–Crippen MR) is 144 cm³/mol. The summed E-state index contributed by atoms with van der Waals surface area (Å²) < 4.78 is 13.8. The van der Waals surface area contributed by atoms with Crippen molar-refractivity contribution in [2.75, 3.05) is 41.8 Å². The quantitative estimate of drug-likeness (QED) is 0.404. The Morgan fingerprint density at radius 1 is 1.14 bits per heavy atom.